The summed E-state index contributed by atoms with van der Waals surface area (Å²) in [6.45, 7) is 4.66. The maximum atomic E-state index is 6.14. The maximum absolute atomic E-state index is 6.14. The average molecular weight is 288 g/mol. The molecule has 1 aliphatic rings. The molecule has 2 heterocycles. The summed E-state index contributed by atoms with van der Waals surface area (Å²) in [5.41, 5.74) is 0. The number of nitrogens with one attached hydrogen (secondary N) is 1. The second-order valence-electron chi connectivity index (χ2n) is 4.20. The predicted octanol–water partition coefficient (Wildman–Crippen LogP) is 3.22. The Balaban J connectivity index is 2.00. The van der Waals surface area contributed by atoms with Crippen LogP contribution < -0.4 is 5.32 Å². The van der Waals surface area contributed by atoms with Crippen molar-refractivity contribution in [3.05, 3.63) is 11.2 Å². The van der Waals surface area contributed by atoms with E-state index in [0.717, 1.165) is 44.0 Å². The lowest BCUT2D eigenvalue weighted by Crippen LogP contribution is -2.17. The summed E-state index contributed by atoms with van der Waals surface area (Å²) in [7, 11) is 0. The maximum Gasteiger partial charge on any atom is 0.223 e. The number of thioether (sulfide) groups is 1. The van der Waals surface area contributed by atoms with E-state index in [-0.39, 0.29) is 0 Å². The van der Waals surface area contributed by atoms with Gasteiger partial charge < -0.3 is 10.1 Å². The first-order valence-electron chi connectivity index (χ1n) is 6.30. The highest BCUT2D eigenvalue weighted by Crippen LogP contribution is 2.33. The Labute approximate surface area is 117 Å². The monoisotopic (exact) mass is 287 g/mol. The molecule has 1 N–H and O–H groups in total. The number of hydrogen-bond donors (Lipinski definition) is 1. The van der Waals surface area contributed by atoms with Gasteiger partial charge in [0.05, 0.1) is 11.2 Å². The highest BCUT2D eigenvalue weighted by molar-refractivity contribution is 8.00. The molecule has 1 fully saturated rings. The van der Waals surface area contributed by atoms with Crippen LogP contribution in [0.15, 0.2) is 11.2 Å². The number of aromatic nitrogens is 2. The van der Waals surface area contributed by atoms with Gasteiger partial charge in [-0.2, -0.15) is 0 Å². The summed E-state index contributed by atoms with van der Waals surface area (Å²) < 4.78 is 5.35. The van der Waals surface area contributed by atoms with Crippen LogP contribution in [0.1, 0.15) is 26.2 Å². The fourth-order valence-electron chi connectivity index (χ4n) is 1.71. The fraction of sp³-hybridized carbons (Fsp3) is 0.667. The van der Waals surface area contributed by atoms with Gasteiger partial charge in [-0.3, -0.25) is 0 Å². The molecule has 0 unspecified atom stereocenters. The van der Waals surface area contributed by atoms with Crippen molar-refractivity contribution in [3.8, 4) is 0 Å². The summed E-state index contributed by atoms with van der Waals surface area (Å²) in [6.07, 6.45) is 4.84. The van der Waals surface area contributed by atoms with Crippen molar-refractivity contribution in [2.75, 3.05) is 25.1 Å². The SMILES string of the molecule is CCCNc1ncc(Cl)c(SC2CCOCC2)n1. The lowest BCUT2D eigenvalue weighted by Gasteiger charge is -2.21. The minimum Gasteiger partial charge on any atom is -0.381 e. The van der Waals surface area contributed by atoms with Gasteiger partial charge in [0.1, 0.15) is 5.03 Å². The molecule has 0 aromatic carbocycles. The standard InChI is InChI=1S/C12H18ClN3OS/c1-2-5-14-12-15-8-10(13)11(16-12)18-9-3-6-17-7-4-9/h8-9H,2-7H2,1H3,(H,14,15,16). The molecule has 4 nitrogen and oxygen atoms in total. The third-order valence-corrected chi connectivity index (χ3v) is 4.42. The Morgan fingerprint density at radius 2 is 2.28 bits per heavy atom. The van der Waals surface area contributed by atoms with Gasteiger partial charge in [0.25, 0.3) is 0 Å². The molecule has 1 aliphatic heterocycles. The van der Waals surface area contributed by atoms with Gasteiger partial charge in [-0.05, 0) is 19.3 Å². The van der Waals surface area contributed by atoms with Crippen LogP contribution in [0.4, 0.5) is 5.95 Å². The molecule has 0 radical (unpaired) electrons. The second kappa shape index (κ2) is 7.16. The quantitative estimate of drug-likeness (QED) is 0.843. The van der Waals surface area contributed by atoms with Crippen LogP contribution in [0.5, 0.6) is 0 Å². The molecule has 0 amide bonds. The van der Waals surface area contributed by atoms with Crippen LogP contribution in [0.3, 0.4) is 0 Å². The zero-order chi connectivity index (χ0) is 12.8. The summed E-state index contributed by atoms with van der Waals surface area (Å²) >= 11 is 7.88. The van der Waals surface area contributed by atoms with Crippen molar-refractivity contribution in [1.82, 2.24) is 9.97 Å². The molecule has 0 spiro atoms. The van der Waals surface area contributed by atoms with E-state index in [0.29, 0.717) is 16.2 Å². The van der Waals surface area contributed by atoms with E-state index in [1.807, 2.05) is 0 Å². The smallest absolute Gasteiger partial charge is 0.223 e. The van der Waals surface area contributed by atoms with Gasteiger partial charge >= 0.3 is 0 Å². The van der Waals surface area contributed by atoms with Crippen molar-refractivity contribution in [2.45, 2.75) is 36.5 Å². The van der Waals surface area contributed by atoms with E-state index < -0.39 is 0 Å². The number of hydrogen-bond acceptors (Lipinski definition) is 5. The van der Waals surface area contributed by atoms with Crippen LogP contribution in [-0.2, 0) is 4.74 Å². The molecule has 0 bridgehead atoms. The first-order valence-corrected chi connectivity index (χ1v) is 7.56. The highest BCUT2D eigenvalue weighted by atomic mass is 35.5. The number of halogens is 1. The third kappa shape index (κ3) is 4.00. The van der Waals surface area contributed by atoms with Gasteiger partial charge in [0.15, 0.2) is 0 Å². The molecule has 1 aromatic rings. The van der Waals surface area contributed by atoms with Gasteiger partial charge in [0.2, 0.25) is 5.95 Å². The molecule has 1 saturated heterocycles. The topological polar surface area (TPSA) is 47.0 Å². The zero-order valence-electron chi connectivity index (χ0n) is 10.5. The molecule has 0 atom stereocenters. The van der Waals surface area contributed by atoms with Crippen molar-refractivity contribution in [1.29, 1.82) is 0 Å². The molecular formula is C12H18ClN3OS. The Bertz CT molecular complexity index is 386. The Hall–Kier alpha value is -0.520. The minimum absolute atomic E-state index is 0.546. The van der Waals surface area contributed by atoms with Gasteiger partial charge in [-0.1, -0.05) is 18.5 Å². The van der Waals surface area contributed by atoms with E-state index in [2.05, 4.69) is 22.2 Å². The summed E-state index contributed by atoms with van der Waals surface area (Å²) in [5, 5.41) is 5.23. The van der Waals surface area contributed by atoms with E-state index in [9.17, 15) is 0 Å². The highest BCUT2D eigenvalue weighted by Gasteiger charge is 2.17. The summed E-state index contributed by atoms with van der Waals surface area (Å²) in [4.78, 5) is 8.65. The predicted molar refractivity (Wildman–Crippen MR) is 75.5 cm³/mol. The molecule has 18 heavy (non-hydrogen) atoms. The third-order valence-electron chi connectivity index (χ3n) is 2.69. The molecule has 6 heteroatoms. The van der Waals surface area contributed by atoms with Crippen LogP contribution in [0.2, 0.25) is 5.02 Å². The molecule has 0 saturated carbocycles. The van der Waals surface area contributed by atoms with Crippen molar-refractivity contribution in [2.24, 2.45) is 0 Å². The normalized spacial score (nSPS) is 16.8. The molecule has 1 aromatic heterocycles. The average Bonchev–Trinajstić information content (AvgIpc) is 2.41. The van der Waals surface area contributed by atoms with Gasteiger partial charge in [-0.15, -0.1) is 11.8 Å². The van der Waals surface area contributed by atoms with E-state index in [1.165, 1.54) is 0 Å². The van der Waals surface area contributed by atoms with Crippen LogP contribution in [0, 0.1) is 0 Å². The fourth-order valence-corrected chi connectivity index (χ4v) is 2.98. The summed E-state index contributed by atoms with van der Waals surface area (Å²) in [5.74, 6) is 0.663. The van der Waals surface area contributed by atoms with Gasteiger partial charge in [0, 0.05) is 25.0 Å². The molecule has 2 rings (SSSR count). The summed E-state index contributed by atoms with van der Waals surface area (Å²) in [6, 6.07) is 0. The second-order valence-corrected chi connectivity index (χ2v) is 5.90. The first kappa shape index (κ1) is 13.9. The zero-order valence-corrected chi connectivity index (χ0v) is 12.1. The van der Waals surface area contributed by atoms with Gasteiger partial charge in [-0.25, -0.2) is 9.97 Å². The largest absolute Gasteiger partial charge is 0.381 e. The van der Waals surface area contributed by atoms with E-state index in [1.54, 1.807) is 18.0 Å². The Morgan fingerprint density at radius 3 is 3.00 bits per heavy atom. The number of nitrogens with zero attached hydrogens (tertiary/aromatic N) is 2. The number of anilines is 1. The van der Waals surface area contributed by atoms with Crippen molar-refractivity contribution in [3.63, 3.8) is 0 Å². The molecular weight excluding hydrogens is 270 g/mol. The lowest BCUT2D eigenvalue weighted by molar-refractivity contribution is 0.1000. The molecule has 100 valence electrons. The Morgan fingerprint density at radius 1 is 1.50 bits per heavy atom. The van der Waals surface area contributed by atoms with E-state index >= 15 is 0 Å². The van der Waals surface area contributed by atoms with Crippen LogP contribution in [0.25, 0.3) is 0 Å². The molecule has 0 aliphatic carbocycles. The van der Waals surface area contributed by atoms with Crippen LogP contribution in [-0.4, -0.2) is 35.0 Å². The van der Waals surface area contributed by atoms with Crippen molar-refractivity contribution < 1.29 is 4.74 Å². The van der Waals surface area contributed by atoms with Crippen molar-refractivity contribution >= 4 is 29.3 Å². The van der Waals surface area contributed by atoms with E-state index in [4.69, 9.17) is 16.3 Å². The Kier molecular flexibility index (Phi) is 5.53. The number of rotatable bonds is 5. The minimum atomic E-state index is 0.546. The first-order chi connectivity index (χ1) is 8.79. The number of ether oxygens (including phenoxy) is 1. The lowest BCUT2D eigenvalue weighted by atomic mass is 10.2. The van der Waals surface area contributed by atoms with Crippen LogP contribution >= 0.6 is 23.4 Å².